The van der Waals surface area contributed by atoms with Gasteiger partial charge in [0.15, 0.2) is 0 Å². The van der Waals surface area contributed by atoms with Crippen LogP contribution in [-0.4, -0.2) is 73.5 Å². The van der Waals surface area contributed by atoms with Crippen LogP contribution in [0.5, 0.6) is 5.75 Å². The summed E-state index contributed by atoms with van der Waals surface area (Å²) in [6.45, 7) is 9.63. The number of halogens is 1. The van der Waals surface area contributed by atoms with Crippen LogP contribution in [0.15, 0.2) is 24.3 Å². The summed E-state index contributed by atoms with van der Waals surface area (Å²) >= 11 is 0. The van der Waals surface area contributed by atoms with E-state index in [1.165, 1.54) is 6.92 Å². The number of amides is 2. The van der Waals surface area contributed by atoms with Gasteiger partial charge < -0.3 is 20.3 Å². The summed E-state index contributed by atoms with van der Waals surface area (Å²) in [5.74, 6) is 0.656. The number of hydrogen-bond donors (Lipinski definition) is 2. The van der Waals surface area contributed by atoms with E-state index in [-0.39, 0.29) is 36.7 Å². The fraction of sp³-hybridized carbons (Fsp3) is 0.619. The van der Waals surface area contributed by atoms with Crippen LogP contribution < -0.4 is 15.4 Å². The maximum Gasteiger partial charge on any atom is 0.225 e. The minimum atomic E-state index is -0.383. The number of hydrogen-bond acceptors (Lipinski definition) is 5. The van der Waals surface area contributed by atoms with Crippen molar-refractivity contribution in [2.45, 2.75) is 38.8 Å². The van der Waals surface area contributed by atoms with Gasteiger partial charge >= 0.3 is 0 Å². The number of benzene rings is 1. The molecule has 3 rings (SSSR count). The number of para-hydroxylation sites is 1. The lowest BCUT2D eigenvalue weighted by Crippen LogP contribution is -2.49. The fourth-order valence-corrected chi connectivity index (χ4v) is 4.16. The Labute approximate surface area is 179 Å². The number of carbonyl (C=O) groups is 2. The SMILES string of the molecule is CCOc1ccccc1C(CC(=O)N1CCC(N2CCNCC2)C1)NC(C)=O.Cl. The van der Waals surface area contributed by atoms with Gasteiger partial charge in [-0.05, 0) is 19.4 Å². The molecule has 2 heterocycles. The second-order valence-electron chi connectivity index (χ2n) is 7.50. The number of nitrogens with zero attached hydrogens (tertiary/aromatic N) is 2. The molecule has 2 saturated heterocycles. The van der Waals surface area contributed by atoms with Gasteiger partial charge in [0.1, 0.15) is 5.75 Å². The lowest BCUT2D eigenvalue weighted by atomic mass is 10.0. The Morgan fingerprint density at radius 3 is 2.66 bits per heavy atom. The van der Waals surface area contributed by atoms with Crippen molar-refractivity contribution < 1.29 is 14.3 Å². The molecule has 2 aliphatic rings. The van der Waals surface area contributed by atoms with E-state index in [1.807, 2.05) is 36.1 Å². The topological polar surface area (TPSA) is 73.9 Å². The molecule has 29 heavy (non-hydrogen) atoms. The van der Waals surface area contributed by atoms with Crippen LogP contribution in [-0.2, 0) is 9.59 Å². The number of ether oxygens (including phenoxy) is 1. The molecule has 0 spiro atoms. The maximum atomic E-state index is 13.0. The molecule has 1 aromatic carbocycles. The van der Waals surface area contributed by atoms with Crippen molar-refractivity contribution in [1.29, 1.82) is 0 Å². The van der Waals surface area contributed by atoms with Crippen molar-refractivity contribution in [3.05, 3.63) is 29.8 Å². The summed E-state index contributed by atoms with van der Waals surface area (Å²) in [7, 11) is 0. The molecule has 8 heteroatoms. The first kappa shape index (κ1) is 23.4. The number of piperazine rings is 1. The van der Waals surface area contributed by atoms with Crippen LogP contribution in [0.4, 0.5) is 0 Å². The molecular formula is C21H33ClN4O3. The predicted octanol–water partition coefficient (Wildman–Crippen LogP) is 1.58. The summed E-state index contributed by atoms with van der Waals surface area (Å²) in [6, 6.07) is 7.68. The van der Waals surface area contributed by atoms with E-state index in [9.17, 15) is 9.59 Å². The standard InChI is InChI=1S/C21H32N4O3.ClH/c1-3-28-20-7-5-4-6-18(20)19(23-16(2)26)14-21(27)25-11-8-17(15-25)24-12-9-22-10-13-24;/h4-7,17,19,22H,3,8-15H2,1-2H3,(H,23,26);1H. The molecule has 0 aromatic heterocycles. The smallest absolute Gasteiger partial charge is 0.225 e. The third-order valence-electron chi connectivity index (χ3n) is 5.53. The van der Waals surface area contributed by atoms with Gasteiger partial charge in [0, 0.05) is 57.8 Å². The van der Waals surface area contributed by atoms with Gasteiger partial charge in [-0.25, -0.2) is 0 Å². The summed E-state index contributed by atoms with van der Waals surface area (Å²) in [5, 5.41) is 6.31. The molecule has 7 nitrogen and oxygen atoms in total. The van der Waals surface area contributed by atoms with Gasteiger partial charge in [0.05, 0.1) is 19.1 Å². The van der Waals surface area contributed by atoms with Crippen LogP contribution in [0.1, 0.15) is 38.3 Å². The quantitative estimate of drug-likeness (QED) is 0.695. The van der Waals surface area contributed by atoms with Crippen LogP contribution in [0.3, 0.4) is 0 Å². The minimum absolute atomic E-state index is 0. The molecule has 2 fully saturated rings. The van der Waals surface area contributed by atoms with Gasteiger partial charge in [0.25, 0.3) is 0 Å². The van der Waals surface area contributed by atoms with E-state index in [2.05, 4.69) is 15.5 Å². The Bertz CT molecular complexity index is 682. The van der Waals surface area contributed by atoms with E-state index >= 15 is 0 Å². The highest BCUT2D eigenvalue weighted by molar-refractivity contribution is 5.85. The second kappa shape index (κ2) is 11.4. The van der Waals surface area contributed by atoms with Gasteiger partial charge in [-0.1, -0.05) is 18.2 Å². The Morgan fingerprint density at radius 1 is 1.24 bits per heavy atom. The highest BCUT2D eigenvalue weighted by Gasteiger charge is 2.32. The number of carbonyl (C=O) groups excluding carboxylic acids is 2. The second-order valence-corrected chi connectivity index (χ2v) is 7.50. The Kier molecular flexibility index (Phi) is 9.20. The van der Waals surface area contributed by atoms with Crippen molar-refractivity contribution >= 4 is 24.2 Å². The Hall–Kier alpha value is -1.83. The van der Waals surface area contributed by atoms with Crippen LogP contribution >= 0.6 is 12.4 Å². The van der Waals surface area contributed by atoms with Crippen molar-refractivity contribution in [2.75, 3.05) is 45.9 Å². The van der Waals surface area contributed by atoms with E-state index in [1.54, 1.807) is 0 Å². The largest absolute Gasteiger partial charge is 0.494 e. The van der Waals surface area contributed by atoms with E-state index in [4.69, 9.17) is 4.74 Å². The molecular weight excluding hydrogens is 392 g/mol. The molecule has 1 aromatic rings. The summed E-state index contributed by atoms with van der Waals surface area (Å²) in [4.78, 5) is 29.2. The summed E-state index contributed by atoms with van der Waals surface area (Å²) in [5.41, 5.74) is 0.853. The fourth-order valence-electron chi connectivity index (χ4n) is 4.16. The average Bonchev–Trinajstić information content (AvgIpc) is 3.19. The molecule has 2 N–H and O–H groups in total. The van der Waals surface area contributed by atoms with Crippen LogP contribution in [0.25, 0.3) is 0 Å². The van der Waals surface area contributed by atoms with Gasteiger partial charge in [0.2, 0.25) is 11.8 Å². The number of likely N-dealkylation sites (tertiary alicyclic amines) is 1. The zero-order valence-corrected chi connectivity index (χ0v) is 18.2. The first-order valence-electron chi connectivity index (χ1n) is 10.3. The maximum absolute atomic E-state index is 13.0. The van der Waals surface area contributed by atoms with Crippen molar-refractivity contribution in [1.82, 2.24) is 20.4 Å². The molecule has 0 bridgehead atoms. The van der Waals surface area contributed by atoms with Crippen LogP contribution in [0.2, 0.25) is 0 Å². The minimum Gasteiger partial charge on any atom is -0.494 e. The van der Waals surface area contributed by atoms with E-state index in [0.717, 1.165) is 57.0 Å². The van der Waals surface area contributed by atoms with Gasteiger partial charge in [-0.3, -0.25) is 14.5 Å². The normalized spacial score (nSPS) is 20.6. The number of nitrogens with one attached hydrogen (secondary N) is 2. The molecule has 0 saturated carbocycles. The first-order valence-corrected chi connectivity index (χ1v) is 10.3. The van der Waals surface area contributed by atoms with E-state index < -0.39 is 0 Å². The van der Waals surface area contributed by atoms with Crippen LogP contribution in [0, 0.1) is 0 Å². The van der Waals surface area contributed by atoms with Gasteiger partial charge in [-0.15, -0.1) is 12.4 Å². The molecule has 2 amide bonds. The molecule has 2 unspecified atom stereocenters. The summed E-state index contributed by atoms with van der Waals surface area (Å²) in [6.07, 6.45) is 1.27. The third-order valence-corrected chi connectivity index (χ3v) is 5.53. The first-order chi connectivity index (χ1) is 13.6. The molecule has 2 aliphatic heterocycles. The monoisotopic (exact) mass is 424 g/mol. The molecule has 2 atom stereocenters. The zero-order valence-electron chi connectivity index (χ0n) is 17.4. The Morgan fingerprint density at radius 2 is 1.97 bits per heavy atom. The zero-order chi connectivity index (χ0) is 19.9. The average molecular weight is 425 g/mol. The third kappa shape index (κ3) is 6.32. The lowest BCUT2D eigenvalue weighted by molar-refractivity contribution is -0.131. The molecule has 0 aliphatic carbocycles. The van der Waals surface area contributed by atoms with Gasteiger partial charge in [-0.2, -0.15) is 0 Å². The molecule has 162 valence electrons. The van der Waals surface area contributed by atoms with Crippen molar-refractivity contribution in [3.8, 4) is 5.75 Å². The lowest BCUT2D eigenvalue weighted by Gasteiger charge is -2.32. The summed E-state index contributed by atoms with van der Waals surface area (Å²) < 4.78 is 5.71. The Balaban J connectivity index is 0.00000300. The van der Waals surface area contributed by atoms with Crippen molar-refractivity contribution in [2.24, 2.45) is 0 Å². The highest BCUT2D eigenvalue weighted by Crippen LogP contribution is 2.29. The van der Waals surface area contributed by atoms with Crippen molar-refractivity contribution in [3.63, 3.8) is 0 Å². The number of rotatable bonds is 7. The predicted molar refractivity (Wildman–Crippen MR) is 115 cm³/mol. The highest BCUT2D eigenvalue weighted by atomic mass is 35.5. The molecule has 0 radical (unpaired) electrons. The van der Waals surface area contributed by atoms with E-state index in [0.29, 0.717) is 12.6 Å².